The van der Waals surface area contributed by atoms with E-state index in [9.17, 15) is 0 Å². The minimum absolute atomic E-state index is 0.422. The van der Waals surface area contributed by atoms with Crippen LogP contribution >= 0.6 is 15.9 Å². The third kappa shape index (κ3) is 1.61. The monoisotopic (exact) mass is 227 g/mol. The van der Waals surface area contributed by atoms with Gasteiger partial charge in [-0.05, 0) is 41.3 Å². The van der Waals surface area contributed by atoms with E-state index in [-0.39, 0.29) is 0 Å². The molecule has 1 aromatic rings. The van der Waals surface area contributed by atoms with Gasteiger partial charge in [0.2, 0.25) is 0 Å². The largest absolute Gasteiger partial charge is 0.488 e. The van der Waals surface area contributed by atoms with Crippen LogP contribution in [-0.2, 0) is 0 Å². The highest BCUT2D eigenvalue weighted by Gasteiger charge is 2.19. The van der Waals surface area contributed by atoms with Crippen LogP contribution in [0.3, 0.4) is 0 Å². The minimum Gasteiger partial charge on any atom is -0.488 e. The van der Waals surface area contributed by atoms with E-state index < -0.39 is 0 Å². The van der Waals surface area contributed by atoms with Gasteiger partial charge in [0.05, 0.1) is 16.8 Å². The number of hydrogen-bond donors (Lipinski definition) is 0. The Labute approximate surface area is 80.1 Å². The molecule has 0 N–H and O–H groups in total. The highest BCUT2D eigenvalue weighted by Crippen LogP contribution is 2.29. The van der Waals surface area contributed by atoms with E-state index in [2.05, 4.69) is 20.9 Å². The van der Waals surface area contributed by atoms with E-state index in [4.69, 9.17) is 4.74 Å². The van der Waals surface area contributed by atoms with E-state index in [1.54, 1.807) is 12.4 Å². The van der Waals surface area contributed by atoms with Crippen molar-refractivity contribution in [3.63, 3.8) is 0 Å². The lowest BCUT2D eigenvalue weighted by Crippen LogP contribution is -2.24. The third-order valence-corrected chi connectivity index (χ3v) is 2.74. The number of rotatable bonds is 2. The number of nitrogens with zero attached hydrogens (tertiary/aromatic N) is 1. The van der Waals surface area contributed by atoms with E-state index >= 15 is 0 Å². The van der Waals surface area contributed by atoms with Crippen LogP contribution in [0.1, 0.15) is 19.3 Å². The quantitative estimate of drug-likeness (QED) is 0.776. The second-order valence-electron chi connectivity index (χ2n) is 2.98. The molecule has 1 heterocycles. The van der Waals surface area contributed by atoms with Gasteiger partial charge in [-0.1, -0.05) is 0 Å². The van der Waals surface area contributed by atoms with Crippen molar-refractivity contribution in [2.75, 3.05) is 0 Å². The van der Waals surface area contributed by atoms with Gasteiger partial charge in [0, 0.05) is 6.20 Å². The van der Waals surface area contributed by atoms with E-state index in [0.29, 0.717) is 6.10 Å². The van der Waals surface area contributed by atoms with Crippen LogP contribution < -0.4 is 4.74 Å². The van der Waals surface area contributed by atoms with Crippen LogP contribution in [-0.4, -0.2) is 11.1 Å². The number of aromatic nitrogens is 1. The summed E-state index contributed by atoms with van der Waals surface area (Å²) in [6, 6.07) is 1.90. The average Bonchev–Trinajstić information content (AvgIpc) is 2.00. The maximum atomic E-state index is 5.67. The molecule has 2 rings (SSSR count). The number of halogens is 1. The molecule has 0 bridgehead atoms. The Kier molecular flexibility index (Phi) is 2.30. The van der Waals surface area contributed by atoms with Gasteiger partial charge >= 0.3 is 0 Å². The van der Waals surface area contributed by atoms with Crippen molar-refractivity contribution in [3.05, 3.63) is 22.9 Å². The number of ether oxygens (including phenoxy) is 1. The predicted molar refractivity (Wildman–Crippen MR) is 50.2 cm³/mol. The summed E-state index contributed by atoms with van der Waals surface area (Å²) in [6.07, 6.45) is 7.58. The zero-order valence-electron chi connectivity index (χ0n) is 6.66. The van der Waals surface area contributed by atoms with Crippen LogP contribution in [0.5, 0.6) is 5.75 Å². The molecule has 0 saturated heterocycles. The van der Waals surface area contributed by atoms with Crippen LogP contribution in [0.4, 0.5) is 0 Å². The molecule has 0 aromatic carbocycles. The Morgan fingerprint density at radius 3 is 2.92 bits per heavy atom. The summed E-state index contributed by atoms with van der Waals surface area (Å²) in [6.45, 7) is 0. The van der Waals surface area contributed by atoms with Crippen molar-refractivity contribution in [2.24, 2.45) is 0 Å². The maximum Gasteiger partial charge on any atom is 0.152 e. The molecule has 1 aliphatic rings. The second kappa shape index (κ2) is 3.44. The summed E-state index contributed by atoms with van der Waals surface area (Å²) in [5.41, 5.74) is 0. The molecule has 0 spiro atoms. The van der Waals surface area contributed by atoms with Gasteiger partial charge in [0.25, 0.3) is 0 Å². The fourth-order valence-corrected chi connectivity index (χ4v) is 1.43. The predicted octanol–water partition coefficient (Wildman–Crippen LogP) is 2.78. The minimum atomic E-state index is 0.422. The maximum absolute atomic E-state index is 5.67. The second-order valence-corrected chi connectivity index (χ2v) is 3.83. The summed E-state index contributed by atoms with van der Waals surface area (Å²) >= 11 is 3.41. The van der Waals surface area contributed by atoms with Gasteiger partial charge in [-0.2, -0.15) is 0 Å². The molecule has 0 unspecified atom stereocenters. The van der Waals surface area contributed by atoms with Crippen molar-refractivity contribution in [1.29, 1.82) is 0 Å². The highest BCUT2D eigenvalue weighted by atomic mass is 79.9. The summed E-state index contributed by atoms with van der Waals surface area (Å²) in [7, 11) is 0. The molecular formula is C9H10BrNO. The fraction of sp³-hybridized carbons (Fsp3) is 0.444. The van der Waals surface area contributed by atoms with Gasteiger partial charge in [0.15, 0.2) is 5.75 Å². The first kappa shape index (κ1) is 8.05. The molecule has 1 fully saturated rings. The van der Waals surface area contributed by atoms with Crippen molar-refractivity contribution in [1.82, 2.24) is 4.98 Å². The molecule has 1 saturated carbocycles. The van der Waals surface area contributed by atoms with Crippen molar-refractivity contribution >= 4 is 15.9 Å². The van der Waals surface area contributed by atoms with E-state index in [1.165, 1.54) is 19.3 Å². The molecule has 3 heteroatoms. The van der Waals surface area contributed by atoms with Crippen molar-refractivity contribution in [3.8, 4) is 5.75 Å². The number of hydrogen-bond acceptors (Lipinski definition) is 2. The smallest absolute Gasteiger partial charge is 0.152 e. The van der Waals surface area contributed by atoms with Gasteiger partial charge in [-0.3, -0.25) is 4.98 Å². The third-order valence-electron chi connectivity index (χ3n) is 2.08. The molecule has 1 aliphatic carbocycles. The van der Waals surface area contributed by atoms with Gasteiger partial charge in [-0.25, -0.2) is 0 Å². The molecule has 64 valence electrons. The molecule has 1 aromatic heterocycles. The molecule has 12 heavy (non-hydrogen) atoms. The van der Waals surface area contributed by atoms with E-state index in [0.717, 1.165) is 10.2 Å². The first-order chi connectivity index (χ1) is 5.86. The Balaban J connectivity index is 2.06. The summed E-state index contributed by atoms with van der Waals surface area (Å²) in [5.74, 6) is 0.863. The molecular weight excluding hydrogens is 218 g/mol. The van der Waals surface area contributed by atoms with E-state index in [1.807, 2.05) is 6.07 Å². The lowest BCUT2D eigenvalue weighted by molar-refractivity contribution is 0.119. The topological polar surface area (TPSA) is 22.1 Å². The Bertz CT molecular complexity index is 273. The standard InChI is InChI=1S/C9H10BrNO/c10-8-4-5-11-6-9(8)12-7-2-1-3-7/h4-7H,1-3H2. The first-order valence-corrected chi connectivity index (χ1v) is 4.92. The van der Waals surface area contributed by atoms with Gasteiger partial charge in [-0.15, -0.1) is 0 Å². The number of pyridine rings is 1. The van der Waals surface area contributed by atoms with Crippen LogP contribution in [0.15, 0.2) is 22.9 Å². The van der Waals surface area contributed by atoms with Crippen LogP contribution in [0, 0.1) is 0 Å². The summed E-state index contributed by atoms with van der Waals surface area (Å²) < 4.78 is 6.66. The Morgan fingerprint density at radius 2 is 2.33 bits per heavy atom. The van der Waals surface area contributed by atoms with Gasteiger partial charge in [0.1, 0.15) is 0 Å². The summed E-state index contributed by atoms with van der Waals surface area (Å²) in [5, 5.41) is 0. The van der Waals surface area contributed by atoms with Gasteiger partial charge < -0.3 is 4.74 Å². The average molecular weight is 228 g/mol. The molecule has 0 radical (unpaired) electrons. The summed E-state index contributed by atoms with van der Waals surface area (Å²) in [4.78, 5) is 4.00. The first-order valence-electron chi connectivity index (χ1n) is 4.12. The molecule has 2 nitrogen and oxygen atoms in total. The Hall–Kier alpha value is -0.570. The van der Waals surface area contributed by atoms with Crippen molar-refractivity contribution in [2.45, 2.75) is 25.4 Å². The normalized spacial score (nSPS) is 17.1. The zero-order valence-corrected chi connectivity index (χ0v) is 8.25. The molecule has 0 aliphatic heterocycles. The zero-order chi connectivity index (χ0) is 8.39. The SMILES string of the molecule is Brc1ccncc1OC1CCC1. The highest BCUT2D eigenvalue weighted by molar-refractivity contribution is 9.10. The lowest BCUT2D eigenvalue weighted by atomic mass is 9.96. The Morgan fingerprint density at radius 1 is 1.50 bits per heavy atom. The van der Waals surface area contributed by atoms with Crippen molar-refractivity contribution < 1.29 is 4.74 Å². The lowest BCUT2D eigenvalue weighted by Gasteiger charge is -2.26. The fourth-order valence-electron chi connectivity index (χ4n) is 1.12. The molecule has 0 amide bonds. The van der Waals surface area contributed by atoms with Crippen LogP contribution in [0.25, 0.3) is 0 Å². The van der Waals surface area contributed by atoms with Crippen LogP contribution in [0.2, 0.25) is 0 Å². The molecule has 0 atom stereocenters.